The predicted molar refractivity (Wildman–Crippen MR) is 100 cm³/mol. The Morgan fingerprint density at radius 2 is 1.92 bits per heavy atom. The fourth-order valence-electron chi connectivity index (χ4n) is 2.74. The van der Waals surface area contributed by atoms with Crippen molar-refractivity contribution in [1.29, 1.82) is 0 Å². The molecule has 1 aromatic carbocycles. The van der Waals surface area contributed by atoms with Crippen molar-refractivity contribution in [2.75, 3.05) is 26.7 Å². The molecule has 2 aromatic rings. The highest BCUT2D eigenvalue weighted by Crippen LogP contribution is 2.22. The van der Waals surface area contributed by atoms with Gasteiger partial charge in [-0.1, -0.05) is 29.8 Å². The second kappa shape index (κ2) is 9.11. The minimum atomic E-state index is 0.286. The van der Waals surface area contributed by atoms with E-state index in [1.165, 1.54) is 5.56 Å². The van der Waals surface area contributed by atoms with Crippen molar-refractivity contribution >= 4 is 5.96 Å². The van der Waals surface area contributed by atoms with Gasteiger partial charge in [-0.2, -0.15) is 0 Å². The Morgan fingerprint density at radius 3 is 2.52 bits per heavy atom. The summed E-state index contributed by atoms with van der Waals surface area (Å²) in [6.45, 7) is 10.1. The molecule has 0 aliphatic heterocycles. The Labute approximate surface area is 149 Å². The summed E-state index contributed by atoms with van der Waals surface area (Å²) >= 11 is 0. The number of aromatic nitrogens is 1. The summed E-state index contributed by atoms with van der Waals surface area (Å²) in [7, 11) is 1.76. The maximum absolute atomic E-state index is 5.71. The molecule has 1 atom stereocenters. The van der Waals surface area contributed by atoms with E-state index in [0.29, 0.717) is 13.2 Å². The van der Waals surface area contributed by atoms with E-state index < -0.39 is 0 Å². The van der Waals surface area contributed by atoms with Crippen LogP contribution in [0.4, 0.5) is 0 Å². The number of aryl methyl sites for hydroxylation is 3. The molecule has 2 rings (SSSR count). The molecule has 1 heterocycles. The van der Waals surface area contributed by atoms with E-state index in [0.717, 1.165) is 35.3 Å². The number of benzene rings is 1. The van der Waals surface area contributed by atoms with Gasteiger partial charge in [0, 0.05) is 25.1 Å². The van der Waals surface area contributed by atoms with Gasteiger partial charge in [0.15, 0.2) is 5.96 Å². The first-order valence-corrected chi connectivity index (χ1v) is 8.58. The third kappa shape index (κ3) is 5.52. The van der Waals surface area contributed by atoms with Crippen molar-refractivity contribution in [1.82, 2.24) is 15.8 Å². The van der Waals surface area contributed by atoms with Crippen LogP contribution >= 0.6 is 0 Å². The lowest BCUT2D eigenvalue weighted by molar-refractivity contribution is 0.322. The zero-order chi connectivity index (χ0) is 18.2. The highest BCUT2D eigenvalue weighted by atomic mass is 16.5. The average Bonchev–Trinajstić information content (AvgIpc) is 2.94. The second-order valence-corrected chi connectivity index (χ2v) is 6.18. The van der Waals surface area contributed by atoms with E-state index in [-0.39, 0.29) is 5.92 Å². The van der Waals surface area contributed by atoms with Crippen LogP contribution in [0.25, 0.3) is 0 Å². The van der Waals surface area contributed by atoms with Crippen LogP contribution in [0.2, 0.25) is 0 Å². The lowest BCUT2D eigenvalue weighted by atomic mass is 10.00. The molecule has 0 saturated carbocycles. The summed E-state index contributed by atoms with van der Waals surface area (Å²) in [5, 5.41) is 10.6. The van der Waals surface area contributed by atoms with Gasteiger partial charge in [-0.25, -0.2) is 0 Å². The third-order valence-electron chi connectivity index (χ3n) is 4.06. The number of guanidine groups is 1. The summed E-state index contributed by atoms with van der Waals surface area (Å²) in [6.07, 6.45) is 0. The van der Waals surface area contributed by atoms with Crippen molar-refractivity contribution in [3.8, 4) is 5.75 Å². The molecule has 1 unspecified atom stereocenters. The van der Waals surface area contributed by atoms with Crippen LogP contribution in [0.1, 0.15) is 35.4 Å². The molecule has 0 saturated heterocycles. The van der Waals surface area contributed by atoms with Crippen molar-refractivity contribution in [3.05, 3.63) is 46.8 Å². The molecular formula is C19H28N4O2. The van der Waals surface area contributed by atoms with Crippen molar-refractivity contribution in [2.24, 2.45) is 4.99 Å². The fraction of sp³-hybridized carbons (Fsp3) is 0.474. The van der Waals surface area contributed by atoms with Crippen LogP contribution in [-0.4, -0.2) is 37.9 Å². The Bertz CT molecular complexity index is 672. The molecule has 0 bridgehead atoms. The Kier molecular flexibility index (Phi) is 6.86. The largest absolute Gasteiger partial charge is 0.492 e. The minimum Gasteiger partial charge on any atom is -0.492 e. The molecule has 0 radical (unpaired) electrons. The number of nitrogens with zero attached hydrogens (tertiary/aromatic N) is 2. The van der Waals surface area contributed by atoms with Crippen LogP contribution < -0.4 is 15.4 Å². The molecule has 2 N–H and O–H groups in total. The van der Waals surface area contributed by atoms with Crippen LogP contribution in [0.15, 0.2) is 33.8 Å². The van der Waals surface area contributed by atoms with E-state index in [2.05, 4.69) is 34.6 Å². The maximum Gasteiger partial charge on any atom is 0.191 e. The van der Waals surface area contributed by atoms with Crippen molar-refractivity contribution in [3.63, 3.8) is 0 Å². The van der Waals surface area contributed by atoms with Crippen molar-refractivity contribution in [2.45, 2.75) is 33.6 Å². The van der Waals surface area contributed by atoms with Gasteiger partial charge >= 0.3 is 0 Å². The van der Waals surface area contributed by atoms with Gasteiger partial charge in [-0.05, 0) is 32.9 Å². The van der Waals surface area contributed by atoms with Gasteiger partial charge in [0.25, 0.3) is 0 Å². The van der Waals surface area contributed by atoms with Gasteiger partial charge in [-0.3, -0.25) is 4.99 Å². The lowest BCUT2D eigenvalue weighted by Gasteiger charge is -2.16. The van der Waals surface area contributed by atoms with Gasteiger partial charge in [0.05, 0.1) is 12.2 Å². The third-order valence-corrected chi connectivity index (χ3v) is 4.06. The average molecular weight is 344 g/mol. The molecule has 136 valence electrons. The number of ether oxygens (including phenoxy) is 1. The van der Waals surface area contributed by atoms with Crippen LogP contribution in [-0.2, 0) is 0 Å². The Balaban J connectivity index is 1.72. The summed E-state index contributed by atoms with van der Waals surface area (Å²) in [6, 6.07) is 8.04. The Hall–Kier alpha value is -2.50. The zero-order valence-electron chi connectivity index (χ0n) is 15.7. The molecular weight excluding hydrogens is 316 g/mol. The summed E-state index contributed by atoms with van der Waals surface area (Å²) in [5.41, 5.74) is 3.33. The van der Waals surface area contributed by atoms with Crippen LogP contribution in [0, 0.1) is 20.8 Å². The SMILES string of the molecule is CN=C(NCCOc1ccc(C)cc1)NCC(C)c1c(C)noc1C. The van der Waals surface area contributed by atoms with Gasteiger partial charge in [0.2, 0.25) is 0 Å². The smallest absolute Gasteiger partial charge is 0.191 e. The lowest BCUT2D eigenvalue weighted by Crippen LogP contribution is -2.40. The highest BCUT2D eigenvalue weighted by molar-refractivity contribution is 5.79. The fourth-order valence-corrected chi connectivity index (χ4v) is 2.74. The van der Waals surface area contributed by atoms with E-state index in [9.17, 15) is 0 Å². The normalized spacial score (nSPS) is 12.8. The summed E-state index contributed by atoms with van der Waals surface area (Å²) in [5.74, 6) is 2.79. The van der Waals surface area contributed by atoms with E-state index in [1.807, 2.05) is 38.1 Å². The molecule has 0 spiro atoms. The number of rotatable bonds is 7. The number of aliphatic imine (C=N–C) groups is 1. The molecule has 0 fully saturated rings. The first-order chi connectivity index (χ1) is 12.0. The molecule has 0 aliphatic rings. The van der Waals surface area contributed by atoms with E-state index >= 15 is 0 Å². The monoisotopic (exact) mass is 344 g/mol. The topological polar surface area (TPSA) is 71.7 Å². The standard InChI is InChI=1S/C19H28N4O2/c1-13-6-8-17(9-7-13)24-11-10-21-19(20-5)22-12-14(2)18-15(3)23-25-16(18)4/h6-9,14H,10-12H2,1-5H3,(H2,20,21,22). The quantitative estimate of drug-likeness (QED) is 0.459. The molecule has 6 heteroatoms. The molecule has 1 aromatic heterocycles. The molecule has 0 aliphatic carbocycles. The first kappa shape index (κ1) is 18.8. The van der Waals surface area contributed by atoms with Gasteiger partial charge in [0.1, 0.15) is 18.1 Å². The molecule has 6 nitrogen and oxygen atoms in total. The summed E-state index contributed by atoms with van der Waals surface area (Å²) in [4.78, 5) is 4.24. The number of hydrogen-bond donors (Lipinski definition) is 2. The van der Waals surface area contributed by atoms with Gasteiger partial charge in [-0.15, -0.1) is 0 Å². The summed E-state index contributed by atoms with van der Waals surface area (Å²) < 4.78 is 10.9. The maximum atomic E-state index is 5.71. The Morgan fingerprint density at radius 1 is 1.20 bits per heavy atom. The van der Waals surface area contributed by atoms with E-state index in [1.54, 1.807) is 7.05 Å². The van der Waals surface area contributed by atoms with Crippen molar-refractivity contribution < 1.29 is 9.26 Å². The second-order valence-electron chi connectivity index (χ2n) is 6.18. The first-order valence-electron chi connectivity index (χ1n) is 8.58. The molecule has 0 amide bonds. The van der Waals surface area contributed by atoms with E-state index in [4.69, 9.17) is 9.26 Å². The number of nitrogens with one attached hydrogen (secondary N) is 2. The highest BCUT2D eigenvalue weighted by Gasteiger charge is 2.16. The zero-order valence-corrected chi connectivity index (χ0v) is 15.7. The van der Waals surface area contributed by atoms with Crippen LogP contribution in [0.5, 0.6) is 5.75 Å². The molecule has 25 heavy (non-hydrogen) atoms. The predicted octanol–water partition coefficient (Wildman–Crippen LogP) is 2.95. The number of hydrogen-bond acceptors (Lipinski definition) is 4. The van der Waals surface area contributed by atoms with Crippen LogP contribution in [0.3, 0.4) is 0 Å². The minimum absolute atomic E-state index is 0.286. The van der Waals surface area contributed by atoms with Gasteiger partial charge < -0.3 is 19.9 Å².